The van der Waals surface area contributed by atoms with Gasteiger partial charge in [0, 0.05) is 4.47 Å². The van der Waals surface area contributed by atoms with Gasteiger partial charge >= 0.3 is 0 Å². The van der Waals surface area contributed by atoms with Gasteiger partial charge in [-0.15, -0.1) is 0 Å². The Labute approximate surface area is 130 Å². The summed E-state index contributed by atoms with van der Waals surface area (Å²) in [5, 5.41) is 0. The first-order valence-electron chi connectivity index (χ1n) is 6.02. The molecule has 0 saturated carbocycles. The SMILES string of the molecule is Cc1ccc(Oc2ccc(Br)cc2CCN)c(Br)c1. The van der Waals surface area contributed by atoms with Crippen molar-refractivity contribution >= 4 is 31.9 Å². The van der Waals surface area contributed by atoms with Crippen LogP contribution in [0.4, 0.5) is 0 Å². The van der Waals surface area contributed by atoms with E-state index in [0.29, 0.717) is 6.54 Å². The topological polar surface area (TPSA) is 35.2 Å². The minimum atomic E-state index is 0.599. The molecule has 0 saturated heterocycles. The van der Waals surface area contributed by atoms with Crippen molar-refractivity contribution in [2.24, 2.45) is 5.73 Å². The molecule has 0 bridgehead atoms. The van der Waals surface area contributed by atoms with Crippen LogP contribution in [0, 0.1) is 6.92 Å². The third-order valence-corrected chi connectivity index (χ3v) is 3.86. The molecule has 0 amide bonds. The van der Waals surface area contributed by atoms with Crippen molar-refractivity contribution in [3.05, 3.63) is 56.5 Å². The van der Waals surface area contributed by atoms with E-state index in [4.69, 9.17) is 10.5 Å². The average Bonchev–Trinajstić information content (AvgIpc) is 2.36. The zero-order valence-electron chi connectivity index (χ0n) is 10.6. The Morgan fingerprint density at radius 2 is 1.79 bits per heavy atom. The minimum Gasteiger partial charge on any atom is -0.456 e. The van der Waals surface area contributed by atoms with E-state index in [1.807, 2.05) is 43.3 Å². The van der Waals surface area contributed by atoms with Crippen LogP contribution in [0.25, 0.3) is 0 Å². The van der Waals surface area contributed by atoms with Crippen molar-refractivity contribution in [2.75, 3.05) is 6.54 Å². The Balaban J connectivity index is 2.32. The third-order valence-electron chi connectivity index (χ3n) is 2.74. The third kappa shape index (κ3) is 3.81. The lowest BCUT2D eigenvalue weighted by molar-refractivity contribution is 0.473. The van der Waals surface area contributed by atoms with Crippen molar-refractivity contribution in [3.8, 4) is 11.5 Å². The van der Waals surface area contributed by atoms with Crippen LogP contribution in [-0.4, -0.2) is 6.54 Å². The van der Waals surface area contributed by atoms with Crippen LogP contribution in [0.1, 0.15) is 11.1 Å². The standard InChI is InChI=1S/C15H15Br2NO/c1-10-2-4-15(13(17)8-10)19-14-5-3-12(16)9-11(14)6-7-18/h2-5,8-9H,6-7,18H2,1H3. The second-order valence-electron chi connectivity index (χ2n) is 4.33. The zero-order valence-corrected chi connectivity index (χ0v) is 13.8. The Morgan fingerprint density at radius 1 is 1.05 bits per heavy atom. The molecule has 0 spiro atoms. The fourth-order valence-corrected chi connectivity index (χ4v) is 2.79. The Hall–Kier alpha value is -0.840. The van der Waals surface area contributed by atoms with E-state index in [-0.39, 0.29) is 0 Å². The van der Waals surface area contributed by atoms with Crippen molar-refractivity contribution < 1.29 is 4.74 Å². The van der Waals surface area contributed by atoms with Gasteiger partial charge in [0.2, 0.25) is 0 Å². The van der Waals surface area contributed by atoms with Gasteiger partial charge in [0.05, 0.1) is 4.47 Å². The van der Waals surface area contributed by atoms with Gasteiger partial charge in [-0.2, -0.15) is 0 Å². The highest BCUT2D eigenvalue weighted by Crippen LogP contribution is 2.33. The van der Waals surface area contributed by atoms with Gasteiger partial charge in [-0.25, -0.2) is 0 Å². The van der Waals surface area contributed by atoms with Gasteiger partial charge in [-0.3, -0.25) is 0 Å². The maximum absolute atomic E-state index is 5.98. The Bertz CT molecular complexity index is 584. The number of aryl methyl sites for hydroxylation is 1. The molecule has 0 atom stereocenters. The summed E-state index contributed by atoms with van der Waals surface area (Å²) in [6, 6.07) is 12.0. The van der Waals surface area contributed by atoms with Gasteiger partial charge in [0.1, 0.15) is 11.5 Å². The number of nitrogens with two attached hydrogens (primary N) is 1. The predicted molar refractivity (Wildman–Crippen MR) is 85.9 cm³/mol. The van der Waals surface area contributed by atoms with E-state index < -0.39 is 0 Å². The highest BCUT2D eigenvalue weighted by molar-refractivity contribution is 9.10. The second-order valence-corrected chi connectivity index (χ2v) is 6.10. The maximum atomic E-state index is 5.98. The summed E-state index contributed by atoms with van der Waals surface area (Å²) in [7, 11) is 0. The molecule has 0 unspecified atom stereocenters. The molecule has 0 fully saturated rings. The monoisotopic (exact) mass is 383 g/mol. The van der Waals surface area contributed by atoms with E-state index in [1.165, 1.54) is 5.56 Å². The molecule has 4 heteroatoms. The van der Waals surface area contributed by atoms with Crippen molar-refractivity contribution in [1.82, 2.24) is 0 Å². The number of hydrogen-bond acceptors (Lipinski definition) is 2. The molecule has 0 heterocycles. The second kappa shape index (κ2) is 6.55. The lowest BCUT2D eigenvalue weighted by Crippen LogP contribution is -2.04. The molecule has 2 N–H and O–H groups in total. The van der Waals surface area contributed by atoms with E-state index in [1.54, 1.807) is 0 Å². The first kappa shape index (κ1) is 14.6. The number of benzene rings is 2. The maximum Gasteiger partial charge on any atom is 0.141 e. The van der Waals surface area contributed by atoms with Crippen LogP contribution in [0.15, 0.2) is 45.3 Å². The van der Waals surface area contributed by atoms with Crippen LogP contribution < -0.4 is 10.5 Å². The summed E-state index contributed by atoms with van der Waals surface area (Å²) in [5.74, 6) is 1.66. The van der Waals surface area contributed by atoms with E-state index >= 15 is 0 Å². The quantitative estimate of drug-likeness (QED) is 0.820. The van der Waals surface area contributed by atoms with Crippen LogP contribution in [0.2, 0.25) is 0 Å². The lowest BCUT2D eigenvalue weighted by atomic mass is 10.1. The number of halogens is 2. The number of rotatable bonds is 4. The molecule has 2 aromatic rings. The molecule has 2 nitrogen and oxygen atoms in total. The molecule has 19 heavy (non-hydrogen) atoms. The normalized spacial score (nSPS) is 10.5. The highest BCUT2D eigenvalue weighted by Gasteiger charge is 2.08. The van der Waals surface area contributed by atoms with Crippen LogP contribution >= 0.6 is 31.9 Å². The summed E-state index contributed by atoms with van der Waals surface area (Å²) in [4.78, 5) is 0. The summed E-state index contributed by atoms with van der Waals surface area (Å²) < 4.78 is 7.97. The molecule has 2 aromatic carbocycles. The molecule has 100 valence electrons. The van der Waals surface area contributed by atoms with Crippen LogP contribution in [-0.2, 0) is 6.42 Å². The predicted octanol–water partition coefficient (Wildman–Crippen LogP) is 4.81. The van der Waals surface area contributed by atoms with Crippen LogP contribution in [0.5, 0.6) is 11.5 Å². The first-order valence-corrected chi connectivity index (χ1v) is 7.61. The Morgan fingerprint density at radius 3 is 2.47 bits per heavy atom. The van der Waals surface area contributed by atoms with Gasteiger partial charge in [0.25, 0.3) is 0 Å². The van der Waals surface area contributed by atoms with Gasteiger partial charge in [-0.05, 0) is 77.3 Å². The van der Waals surface area contributed by atoms with Gasteiger partial charge in [0.15, 0.2) is 0 Å². The van der Waals surface area contributed by atoms with Crippen molar-refractivity contribution in [2.45, 2.75) is 13.3 Å². The molecular weight excluding hydrogens is 370 g/mol. The number of hydrogen-bond donors (Lipinski definition) is 1. The average molecular weight is 385 g/mol. The Kier molecular flexibility index (Phi) is 5.02. The lowest BCUT2D eigenvalue weighted by Gasteiger charge is -2.12. The zero-order chi connectivity index (χ0) is 13.8. The van der Waals surface area contributed by atoms with Gasteiger partial charge < -0.3 is 10.5 Å². The first-order chi connectivity index (χ1) is 9.10. The molecule has 2 rings (SSSR count). The largest absolute Gasteiger partial charge is 0.456 e. The summed E-state index contributed by atoms with van der Waals surface area (Å²) >= 11 is 6.99. The highest BCUT2D eigenvalue weighted by atomic mass is 79.9. The summed E-state index contributed by atoms with van der Waals surface area (Å²) in [6.45, 7) is 2.65. The smallest absolute Gasteiger partial charge is 0.141 e. The van der Waals surface area contributed by atoms with E-state index in [0.717, 1.165) is 32.4 Å². The molecule has 0 radical (unpaired) electrons. The molecule has 0 aliphatic carbocycles. The fourth-order valence-electron chi connectivity index (χ4n) is 1.81. The molecular formula is C15H15Br2NO. The van der Waals surface area contributed by atoms with E-state index in [2.05, 4.69) is 31.9 Å². The van der Waals surface area contributed by atoms with Gasteiger partial charge in [-0.1, -0.05) is 22.0 Å². The fraction of sp³-hybridized carbons (Fsp3) is 0.200. The minimum absolute atomic E-state index is 0.599. The number of ether oxygens (including phenoxy) is 1. The van der Waals surface area contributed by atoms with E-state index in [9.17, 15) is 0 Å². The van der Waals surface area contributed by atoms with Crippen molar-refractivity contribution in [1.29, 1.82) is 0 Å². The summed E-state index contributed by atoms with van der Waals surface area (Å²) in [6.07, 6.45) is 0.790. The van der Waals surface area contributed by atoms with Crippen molar-refractivity contribution in [3.63, 3.8) is 0 Å². The summed E-state index contributed by atoms with van der Waals surface area (Å²) in [5.41, 5.74) is 7.94. The molecule has 0 aromatic heterocycles. The van der Waals surface area contributed by atoms with Crippen LogP contribution in [0.3, 0.4) is 0 Å². The molecule has 0 aliphatic heterocycles. The molecule has 0 aliphatic rings.